The van der Waals surface area contributed by atoms with E-state index in [0.717, 1.165) is 0 Å². The summed E-state index contributed by atoms with van der Waals surface area (Å²) in [6.07, 6.45) is 0. The SMILES string of the molecule is Cn1c(=O)[nH]c(=O)oc1=O. The summed E-state index contributed by atoms with van der Waals surface area (Å²) in [7, 11) is 1.20. The molecule has 1 rings (SSSR count). The molecule has 6 heteroatoms. The number of nitrogens with zero attached hydrogens (tertiary/aromatic N) is 1. The molecule has 1 aromatic rings. The molecule has 54 valence electrons. The Labute approximate surface area is 53.7 Å². The van der Waals surface area contributed by atoms with Gasteiger partial charge in [-0.3, -0.25) is 0 Å². The summed E-state index contributed by atoms with van der Waals surface area (Å²) in [5.41, 5.74) is -0.777. The van der Waals surface area contributed by atoms with E-state index in [2.05, 4.69) is 4.42 Å². The molecular weight excluding hydrogens is 140 g/mol. The zero-order valence-electron chi connectivity index (χ0n) is 5.08. The van der Waals surface area contributed by atoms with Crippen LogP contribution in [-0.2, 0) is 7.05 Å². The molecule has 1 heterocycles. The molecule has 0 unspecified atom stereocenters. The first kappa shape index (κ1) is 6.53. The third-order valence-electron chi connectivity index (χ3n) is 0.967. The van der Waals surface area contributed by atoms with Crippen LogP contribution < -0.4 is 17.2 Å². The van der Waals surface area contributed by atoms with Crippen molar-refractivity contribution in [2.75, 3.05) is 0 Å². The first-order valence-electron chi connectivity index (χ1n) is 2.42. The van der Waals surface area contributed by atoms with Crippen LogP contribution in [-0.4, -0.2) is 9.55 Å². The zero-order valence-corrected chi connectivity index (χ0v) is 5.08. The largest absolute Gasteiger partial charge is 0.426 e. The van der Waals surface area contributed by atoms with Crippen molar-refractivity contribution in [1.82, 2.24) is 9.55 Å². The molecule has 1 aromatic heterocycles. The van der Waals surface area contributed by atoms with Crippen molar-refractivity contribution >= 4 is 0 Å². The van der Waals surface area contributed by atoms with Gasteiger partial charge >= 0.3 is 17.2 Å². The standard InChI is InChI=1S/C4H4N2O4/c1-6-2(7)5-3(8)10-4(6)9/h1H3,(H,5,7,8). The van der Waals surface area contributed by atoms with Crippen molar-refractivity contribution in [1.29, 1.82) is 0 Å². The number of hydrogen-bond donors (Lipinski definition) is 1. The van der Waals surface area contributed by atoms with E-state index >= 15 is 0 Å². The van der Waals surface area contributed by atoms with Crippen LogP contribution in [0.5, 0.6) is 0 Å². The van der Waals surface area contributed by atoms with Gasteiger partial charge in [0.05, 0.1) is 0 Å². The highest BCUT2D eigenvalue weighted by Gasteiger charge is 1.96. The van der Waals surface area contributed by atoms with Crippen molar-refractivity contribution in [3.05, 3.63) is 31.6 Å². The van der Waals surface area contributed by atoms with Gasteiger partial charge in [0, 0.05) is 7.05 Å². The second-order valence-corrected chi connectivity index (χ2v) is 1.64. The highest BCUT2D eigenvalue weighted by Crippen LogP contribution is 1.49. The van der Waals surface area contributed by atoms with Crippen LogP contribution in [0.2, 0.25) is 0 Å². The van der Waals surface area contributed by atoms with Crippen molar-refractivity contribution in [2.24, 2.45) is 7.05 Å². The molecule has 6 nitrogen and oxygen atoms in total. The second kappa shape index (κ2) is 1.98. The average molecular weight is 144 g/mol. The molecule has 0 aliphatic rings. The summed E-state index contributed by atoms with van der Waals surface area (Å²) in [6.45, 7) is 0. The first-order chi connectivity index (χ1) is 4.61. The predicted molar refractivity (Wildman–Crippen MR) is 30.8 cm³/mol. The minimum atomic E-state index is -1.03. The smallest absolute Gasteiger partial charge is 0.359 e. The van der Waals surface area contributed by atoms with Crippen molar-refractivity contribution in [3.63, 3.8) is 0 Å². The number of aromatic nitrogens is 2. The lowest BCUT2D eigenvalue weighted by Gasteiger charge is -1.87. The van der Waals surface area contributed by atoms with Gasteiger partial charge in [0.1, 0.15) is 0 Å². The van der Waals surface area contributed by atoms with E-state index in [1.807, 2.05) is 0 Å². The predicted octanol–water partition coefficient (Wildman–Crippen LogP) is -1.97. The van der Waals surface area contributed by atoms with Crippen LogP contribution in [0.1, 0.15) is 0 Å². The number of rotatable bonds is 0. The topological polar surface area (TPSA) is 85.1 Å². The van der Waals surface area contributed by atoms with Crippen LogP contribution >= 0.6 is 0 Å². The van der Waals surface area contributed by atoms with Gasteiger partial charge in [-0.25, -0.2) is 23.9 Å². The van der Waals surface area contributed by atoms with Crippen molar-refractivity contribution in [3.8, 4) is 0 Å². The second-order valence-electron chi connectivity index (χ2n) is 1.64. The Bertz CT molecular complexity index is 360. The van der Waals surface area contributed by atoms with E-state index in [-0.39, 0.29) is 0 Å². The Balaban J connectivity index is 3.80. The molecule has 0 amide bonds. The average Bonchev–Trinajstić information content (AvgIpc) is 1.82. The fourth-order valence-corrected chi connectivity index (χ4v) is 0.427. The van der Waals surface area contributed by atoms with Gasteiger partial charge in [-0.05, 0) is 0 Å². The van der Waals surface area contributed by atoms with Gasteiger partial charge in [0.15, 0.2) is 0 Å². The first-order valence-corrected chi connectivity index (χ1v) is 2.42. The number of hydrogen-bond acceptors (Lipinski definition) is 4. The summed E-state index contributed by atoms with van der Waals surface area (Å²) < 4.78 is 4.64. The molecule has 0 saturated heterocycles. The summed E-state index contributed by atoms with van der Waals surface area (Å²) in [4.78, 5) is 32.9. The Hall–Kier alpha value is -1.59. The molecule has 0 radical (unpaired) electrons. The molecule has 0 bridgehead atoms. The molecule has 0 aromatic carbocycles. The monoisotopic (exact) mass is 144 g/mol. The van der Waals surface area contributed by atoms with Gasteiger partial charge in [0.25, 0.3) is 0 Å². The molecule has 0 spiro atoms. The van der Waals surface area contributed by atoms with Gasteiger partial charge in [-0.1, -0.05) is 0 Å². The van der Waals surface area contributed by atoms with Gasteiger partial charge in [-0.15, -0.1) is 0 Å². The number of aromatic amines is 1. The van der Waals surface area contributed by atoms with Crippen LogP contribution in [0.4, 0.5) is 0 Å². The summed E-state index contributed by atoms with van der Waals surface area (Å²) in [6, 6.07) is 0. The molecular formula is C4H4N2O4. The molecule has 0 saturated carbocycles. The maximum absolute atomic E-state index is 10.5. The van der Waals surface area contributed by atoms with Gasteiger partial charge in [0.2, 0.25) is 0 Å². The Morgan fingerprint density at radius 3 is 2.50 bits per heavy atom. The van der Waals surface area contributed by atoms with Crippen molar-refractivity contribution in [2.45, 2.75) is 0 Å². The fraction of sp³-hybridized carbons (Fsp3) is 0.250. The lowest BCUT2D eigenvalue weighted by Crippen LogP contribution is -2.37. The highest BCUT2D eigenvalue weighted by molar-refractivity contribution is 4.59. The minimum absolute atomic E-state index is 0.654. The zero-order chi connectivity index (χ0) is 7.72. The highest BCUT2D eigenvalue weighted by atomic mass is 16.5. The van der Waals surface area contributed by atoms with E-state index < -0.39 is 17.2 Å². The van der Waals surface area contributed by atoms with Gasteiger partial charge in [-0.2, -0.15) is 0 Å². The summed E-state index contributed by atoms with van der Waals surface area (Å²) in [5.74, 6) is -2.00. The van der Waals surface area contributed by atoms with E-state index in [4.69, 9.17) is 0 Å². The molecule has 0 fully saturated rings. The fourth-order valence-electron chi connectivity index (χ4n) is 0.427. The maximum atomic E-state index is 10.5. The van der Waals surface area contributed by atoms with Crippen LogP contribution in [0.15, 0.2) is 18.8 Å². The van der Waals surface area contributed by atoms with Crippen LogP contribution in [0, 0.1) is 0 Å². The normalized spacial score (nSPS) is 9.70. The third-order valence-corrected chi connectivity index (χ3v) is 0.967. The summed E-state index contributed by atoms with van der Waals surface area (Å²) in [5, 5.41) is 0. The molecule has 1 N–H and O–H groups in total. The van der Waals surface area contributed by atoms with E-state index in [9.17, 15) is 14.4 Å². The van der Waals surface area contributed by atoms with Crippen LogP contribution in [0.3, 0.4) is 0 Å². The quantitative estimate of drug-likeness (QED) is 0.457. The maximum Gasteiger partial charge on any atom is 0.426 e. The lowest BCUT2D eigenvalue weighted by molar-refractivity contribution is 0.383. The molecule has 0 aliphatic heterocycles. The number of H-pyrrole nitrogens is 1. The van der Waals surface area contributed by atoms with E-state index in [0.29, 0.717) is 4.57 Å². The van der Waals surface area contributed by atoms with E-state index in [1.165, 1.54) is 7.05 Å². The molecule has 0 aliphatic carbocycles. The lowest BCUT2D eigenvalue weighted by atomic mass is 11.0. The van der Waals surface area contributed by atoms with E-state index in [1.54, 1.807) is 4.98 Å². The Kier molecular flexibility index (Phi) is 1.29. The van der Waals surface area contributed by atoms with Crippen molar-refractivity contribution < 1.29 is 4.42 Å². The van der Waals surface area contributed by atoms with Gasteiger partial charge < -0.3 is 4.42 Å². The Morgan fingerprint density at radius 1 is 1.40 bits per heavy atom. The third kappa shape index (κ3) is 0.903. The number of nitrogens with one attached hydrogen (secondary N) is 1. The molecule has 10 heavy (non-hydrogen) atoms. The minimum Gasteiger partial charge on any atom is -0.359 e. The summed E-state index contributed by atoms with van der Waals surface area (Å²) >= 11 is 0. The van der Waals surface area contributed by atoms with Crippen LogP contribution in [0.25, 0.3) is 0 Å². The molecule has 0 atom stereocenters. The Morgan fingerprint density at radius 2 is 2.00 bits per heavy atom.